The highest BCUT2D eigenvalue weighted by Gasteiger charge is 2.29. The molecule has 5 heteroatoms. The summed E-state index contributed by atoms with van der Waals surface area (Å²) in [5, 5.41) is 10.8. The summed E-state index contributed by atoms with van der Waals surface area (Å²) in [5.74, 6) is 1.69. The zero-order valence-corrected chi connectivity index (χ0v) is 22.7. The number of hydrogen-bond acceptors (Lipinski definition) is 4. The summed E-state index contributed by atoms with van der Waals surface area (Å²) in [6.45, 7) is 3.15. The summed E-state index contributed by atoms with van der Waals surface area (Å²) in [6, 6.07) is 36.1. The van der Waals surface area contributed by atoms with Crippen LogP contribution in [-0.2, 0) is 6.54 Å². The van der Waals surface area contributed by atoms with Crippen LogP contribution in [-0.4, -0.2) is 22.4 Å². The van der Waals surface area contributed by atoms with E-state index in [0.29, 0.717) is 0 Å². The molecular formula is C35H30N4O. The maximum atomic E-state index is 5.40. The standard InChI is InChI=1S/C35H30N4O/c1-3-38-32-11-7-5-9-29(32)30-22-24(13-20-33(30)38)12-17-27-23-34(26-14-18-28(40-2)19-15-26)39(37-27)35-21-16-25-8-4-6-10-31(25)36-35/h4-22,34H,3,23H2,1-2H3. The highest BCUT2D eigenvalue weighted by Crippen LogP contribution is 2.36. The third-order valence-electron chi connectivity index (χ3n) is 7.83. The van der Waals surface area contributed by atoms with Gasteiger partial charge < -0.3 is 9.30 Å². The minimum Gasteiger partial charge on any atom is -0.497 e. The van der Waals surface area contributed by atoms with Crippen LogP contribution in [0.15, 0.2) is 114 Å². The van der Waals surface area contributed by atoms with E-state index in [1.165, 1.54) is 27.4 Å². The topological polar surface area (TPSA) is 42.7 Å². The molecule has 0 aliphatic carbocycles. The second kappa shape index (κ2) is 10.0. The van der Waals surface area contributed by atoms with Gasteiger partial charge in [0, 0.05) is 40.2 Å². The quantitative estimate of drug-likeness (QED) is 0.221. The Labute approximate surface area is 233 Å². The van der Waals surface area contributed by atoms with E-state index in [4.69, 9.17) is 14.8 Å². The van der Waals surface area contributed by atoms with Crippen molar-refractivity contribution >= 4 is 50.3 Å². The zero-order chi connectivity index (χ0) is 27.1. The fourth-order valence-electron chi connectivity index (χ4n) is 5.82. The van der Waals surface area contributed by atoms with Gasteiger partial charge in [0.2, 0.25) is 0 Å². The molecule has 196 valence electrons. The van der Waals surface area contributed by atoms with Gasteiger partial charge in [-0.1, -0.05) is 60.7 Å². The lowest BCUT2D eigenvalue weighted by molar-refractivity contribution is 0.414. The third-order valence-corrected chi connectivity index (χ3v) is 7.83. The van der Waals surface area contributed by atoms with Crippen LogP contribution < -0.4 is 9.75 Å². The summed E-state index contributed by atoms with van der Waals surface area (Å²) in [4.78, 5) is 4.96. The molecule has 0 fully saturated rings. The maximum absolute atomic E-state index is 5.40. The lowest BCUT2D eigenvalue weighted by atomic mass is 10.0. The minimum absolute atomic E-state index is 0.0456. The van der Waals surface area contributed by atoms with Crippen LogP contribution in [0, 0.1) is 0 Å². The monoisotopic (exact) mass is 522 g/mol. The summed E-state index contributed by atoms with van der Waals surface area (Å²) in [5.41, 5.74) is 6.88. The van der Waals surface area contributed by atoms with Gasteiger partial charge in [0.15, 0.2) is 0 Å². The first-order valence-electron chi connectivity index (χ1n) is 13.8. The van der Waals surface area contributed by atoms with E-state index < -0.39 is 0 Å². The number of methoxy groups -OCH3 is 1. The summed E-state index contributed by atoms with van der Waals surface area (Å²) in [6.07, 6.45) is 5.12. The summed E-state index contributed by atoms with van der Waals surface area (Å²) >= 11 is 0. The van der Waals surface area contributed by atoms with Crippen molar-refractivity contribution in [1.82, 2.24) is 9.55 Å². The van der Waals surface area contributed by atoms with Gasteiger partial charge in [0.1, 0.15) is 11.6 Å². The molecule has 6 aromatic rings. The first-order valence-corrected chi connectivity index (χ1v) is 13.8. The van der Waals surface area contributed by atoms with E-state index in [1.807, 2.05) is 30.3 Å². The van der Waals surface area contributed by atoms with Gasteiger partial charge in [-0.25, -0.2) is 9.99 Å². The zero-order valence-electron chi connectivity index (χ0n) is 22.7. The first kappa shape index (κ1) is 24.2. The van der Waals surface area contributed by atoms with Gasteiger partial charge in [-0.3, -0.25) is 0 Å². The van der Waals surface area contributed by atoms with Crippen molar-refractivity contribution in [3.8, 4) is 5.75 Å². The van der Waals surface area contributed by atoms with Crippen LogP contribution in [0.2, 0.25) is 0 Å². The molecule has 1 atom stereocenters. The molecule has 1 aliphatic rings. The summed E-state index contributed by atoms with van der Waals surface area (Å²) in [7, 11) is 1.69. The fourth-order valence-corrected chi connectivity index (χ4v) is 5.82. The van der Waals surface area contributed by atoms with Crippen molar-refractivity contribution in [2.24, 2.45) is 5.10 Å². The number of hydrogen-bond donors (Lipinski definition) is 0. The van der Waals surface area contributed by atoms with E-state index in [9.17, 15) is 0 Å². The van der Waals surface area contributed by atoms with Gasteiger partial charge in [-0.05, 0) is 72.7 Å². The molecule has 4 aromatic carbocycles. The van der Waals surface area contributed by atoms with Crippen LogP contribution in [0.5, 0.6) is 5.75 Å². The molecule has 0 bridgehead atoms. The van der Waals surface area contributed by atoms with Crippen LogP contribution in [0.3, 0.4) is 0 Å². The molecular weight excluding hydrogens is 492 g/mol. The lowest BCUT2D eigenvalue weighted by Crippen LogP contribution is -2.19. The first-order chi connectivity index (χ1) is 19.7. The van der Waals surface area contributed by atoms with Crippen molar-refractivity contribution in [2.75, 3.05) is 12.1 Å². The molecule has 2 aromatic heterocycles. The van der Waals surface area contributed by atoms with Gasteiger partial charge in [0.25, 0.3) is 0 Å². The molecule has 0 saturated heterocycles. The highest BCUT2D eigenvalue weighted by molar-refractivity contribution is 6.09. The normalized spacial score (nSPS) is 15.5. The van der Waals surface area contributed by atoms with Crippen molar-refractivity contribution in [1.29, 1.82) is 0 Å². The number of para-hydroxylation sites is 2. The van der Waals surface area contributed by atoms with Crippen molar-refractivity contribution < 1.29 is 4.74 Å². The van der Waals surface area contributed by atoms with Crippen LogP contribution >= 0.6 is 0 Å². The number of hydrazone groups is 1. The Kier molecular flexibility index (Phi) is 6.05. The Morgan fingerprint density at radius 2 is 1.62 bits per heavy atom. The molecule has 0 amide bonds. The second-order valence-corrected chi connectivity index (χ2v) is 10.2. The number of allylic oxidation sites excluding steroid dienone is 1. The van der Waals surface area contributed by atoms with Gasteiger partial charge in [0.05, 0.1) is 24.4 Å². The van der Waals surface area contributed by atoms with Crippen molar-refractivity contribution in [2.45, 2.75) is 25.9 Å². The number of anilines is 1. The average Bonchev–Trinajstić information content (AvgIpc) is 3.59. The average molecular weight is 523 g/mol. The molecule has 0 radical (unpaired) electrons. The number of aryl methyl sites for hydroxylation is 1. The Bertz CT molecular complexity index is 1920. The molecule has 5 nitrogen and oxygen atoms in total. The molecule has 3 heterocycles. The van der Waals surface area contributed by atoms with Crippen LogP contribution in [0.4, 0.5) is 5.82 Å². The SMILES string of the molecule is CCn1c2ccccc2c2cc(C=CC3=NN(c4ccc5ccccc5n4)C(c4ccc(OC)cc4)C3)ccc21. The number of pyridine rings is 1. The number of nitrogens with zero attached hydrogens (tertiary/aromatic N) is 4. The molecule has 0 spiro atoms. The molecule has 1 unspecified atom stereocenters. The van der Waals surface area contributed by atoms with Gasteiger partial charge in [-0.15, -0.1) is 0 Å². The van der Waals surface area contributed by atoms with Crippen LogP contribution in [0.1, 0.15) is 30.5 Å². The van der Waals surface area contributed by atoms with Crippen molar-refractivity contribution in [3.05, 3.63) is 120 Å². The third kappa shape index (κ3) is 4.20. The Hall–Kier alpha value is -4.90. The molecule has 0 saturated carbocycles. The van der Waals surface area contributed by atoms with E-state index in [-0.39, 0.29) is 6.04 Å². The molecule has 0 N–H and O–H groups in total. The Morgan fingerprint density at radius 3 is 2.48 bits per heavy atom. The van der Waals surface area contributed by atoms with E-state index >= 15 is 0 Å². The number of rotatable bonds is 6. The van der Waals surface area contributed by atoms with Gasteiger partial charge >= 0.3 is 0 Å². The summed E-state index contributed by atoms with van der Waals surface area (Å²) < 4.78 is 7.78. The largest absolute Gasteiger partial charge is 0.497 e. The maximum Gasteiger partial charge on any atom is 0.150 e. The lowest BCUT2D eigenvalue weighted by Gasteiger charge is -2.23. The predicted molar refractivity (Wildman–Crippen MR) is 166 cm³/mol. The number of ether oxygens (including phenoxy) is 1. The molecule has 1 aliphatic heterocycles. The Balaban J connectivity index is 1.25. The minimum atomic E-state index is 0.0456. The fraction of sp³-hybridized carbons (Fsp3) is 0.143. The number of fused-ring (bicyclic) bond motifs is 4. The van der Waals surface area contributed by atoms with E-state index in [1.54, 1.807) is 7.11 Å². The highest BCUT2D eigenvalue weighted by atomic mass is 16.5. The van der Waals surface area contributed by atoms with E-state index in [0.717, 1.165) is 46.7 Å². The van der Waals surface area contributed by atoms with E-state index in [2.05, 4.69) is 101 Å². The number of benzene rings is 4. The number of aromatic nitrogens is 2. The Morgan fingerprint density at radius 1 is 0.825 bits per heavy atom. The second-order valence-electron chi connectivity index (χ2n) is 10.2. The van der Waals surface area contributed by atoms with Gasteiger partial charge in [-0.2, -0.15) is 5.10 Å². The molecule has 7 rings (SSSR count). The van der Waals surface area contributed by atoms with Crippen molar-refractivity contribution in [3.63, 3.8) is 0 Å². The van der Waals surface area contributed by atoms with Crippen LogP contribution in [0.25, 0.3) is 38.8 Å². The molecule has 40 heavy (non-hydrogen) atoms. The predicted octanol–water partition coefficient (Wildman–Crippen LogP) is 8.39. The smallest absolute Gasteiger partial charge is 0.150 e.